The first-order chi connectivity index (χ1) is 17.0. The van der Waals surface area contributed by atoms with Crippen LogP contribution in [0.1, 0.15) is 99.8 Å². The van der Waals surface area contributed by atoms with Crippen molar-refractivity contribution >= 4 is 17.5 Å². The number of fused-ring (bicyclic) bond motifs is 7. The molecule has 5 rings (SSSR count). The Bertz CT molecular complexity index is 1150. The maximum Gasteiger partial charge on any atom is 0.311 e. The van der Waals surface area contributed by atoms with E-state index in [0.29, 0.717) is 6.42 Å². The average molecular weight is 508 g/mol. The van der Waals surface area contributed by atoms with E-state index >= 15 is 0 Å². The minimum Gasteiger partial charge on any atom is -0.469 e. The van der Waals surface area contributed by atoms with Gasteiger partial charge in [-0.2, -0.15) is 0 Å². The Morgan fingerprint density at radius 3 is 2.24 bits per heavy atom. The smallest absolute Gasteiger partial charge is 0.311 e. The molecule has 0 spiro atoms. The number of ether oxygens (including phenoxy) is 1. The third-order valence-electron chi connectivity index (χ3n) is 13.1. The van der Waals surface area contributed by atoms with E-state index in [1.807, 2.05) is 26.8 Å². The van der Waals surface area contributed by atoms with Crippen molar-refractivity contribution in [2.45, 2.75) is 106 Å². The van der Waals surface area contributed by atoms with E-state index in [-0.39, 0.29) is 51.5 Å². The molecule has 0 aromatic heterocycles. The minimum atomic E-state index is -0.668. The van der Waals surface area contributed by atoms with E-state index in [4.69, 9.17) is 11.3 Å². The van der Waals surface area contributed by atoms with Crippen molar-refractivity contribution in [2.24, 2.45) is 50.2 Å². The lowest BCUT2D eigenvalue weighted by atomic mass is 9.33. The largest absolute Gasteiger partial charge is 0.469 e. The van der Waals surface area contributed by atoms with Crippen LogP contribution in [0.4, 0.5) is 0 Å². The van der Waals surface area contributed by atoms with Gasteiger partial charge in [0.05, 0.1) is 12.5 Å². The Labute approximate surface area is 223 Å². The molecular weight excluding hydrogens is 462 g/mol. The van der Waals surface area contributed by atoms with E-state index < -0.39 is 22.3 Å². The fourth-order valence-electron chi connectivity index (χ4n) is 10.7. The Kier molecular flexibility index (Phi) is 5.61. The van der Waals surface area contributed by atoms with Crippen molar-refractivity contribution in [3.63, 3.8) is 0 Å². The summed E-state index contributed by atoms with van der Waals surface area (Å²) in [5.74, 6) is 0.168. The molecular formula is C32H45NO4. The maximum absolute atomic E-state index is 14.4. The number of carbonyl (C=O) groups excluding carboxylic acids is 3. The summed E-state index contributed by atoms with van der Waals surface area (Å²) in [5.41, 5.74) is -0.590. The number of carbonyl (C=O) groups is 3. The van der Waals surface area contributed by atoms with Crippen molar-refractivity contribution in [1.82, 2.24) is 0 Å². The predicted molar refractivity (Wildman–Crippen MR) is 142 cm³/mol. The Morgan fingerprint density at radius 2 is 1.62 bits per heavy atom. The second-order valence-electron chi connectivity index (χ2n) is 15.2. The molecule has 1 unspecified atom stereocenters. The molecule has 0 aromatic carbocycles. The highest BCUT2D eigenvalue weighted by atomic mass is 16.5. The van der Waals surface area contributed by atoms with Crippen LogP contribution in [0.3, 0.4) is 0 Å². The lowest BCUT2D eigenvalue weighted by Gasteiger charge is -2.69. The molecule has 5 nitrogen and oxygen atoms in total. The van der Waals surface area contributed by atoms with E-state index in [2.05, 4.69) is 32.5 Å². The molecule has 0 radical (unpaired) electrons. The second-order valence-corrected chi connectivity index (χ2v) is 15.2. The van der Waals surface area contributed by atoms with Gasteiger partial charge in [0, 0.05) is 17.8 Å². The summed E-state index contributed by atoms with van der Waals surface area (Å²) in [6, 6.07) is -0.668. The molecule has 0 heterocycles. The number of nitrogens with zero attached hydrogens (tertiary/aromatic N) is 1. The topological polar surface area (TPSA) is 64.8 Å². The van der Waals surface area contributed by atoms with Gasteiger partial charge in [-0.3, -0.25) is 14.4 Å². The fraction of sp³-hybridized carbons (Fsp3) is 0.812. The van der Waals surface area contributed by atoms with Crippen molar-refractivity contribution < 1.29 is 19.1 Å². The van der Waals surface area contributed by atoms with E-state index in [0.717, 1.165) is 44.9 Å². The quantitative estimate of drug-likeness (QED) is 0.296. The minimum absolute atomic E-state index is 0.0528. The van der Waals surface area contributed by atoms with Crippen LogP contribution in [-0.4, -0.2) is 30.7 Å². The van der Waals surface area contributed by atoms with Gasteiger partial charge in [-0.15, -0.1) is 0 Å². The molecule has 4 fully saturated rings. The van der Waals surface area contributed by atoms with Gasteiger partial charge in [0.2, 0.25) is 5.78 Å². The summed E-state index contributed by atoms with van der Waals surface area (Å²) < 4.78 is 5.24. The van der Waals surface area contributed by atoms with Crippen LogP contribution in [0, 0.1) is 56.8 Å². The number of ketones is 2. The number of rotatable bonds is 1. The van der Waals surface area contributed by atoms with E-state index in [9.17, 15) is 14.4 Å². The van der Waals surface area contributed by atoms with E-state index in [1.165, 1.54) is 12.7 Å². The summed E-state index contributed by atoms with van der Waals surface area (Å²) in [6.45, 7) is 23.2. The van der Waals surface area contributed by atoms with Crippen LogP contribution < -0.4 is 0 Å². The van der Waals surface area contributed by atoms with Crippen molar-refractivity contribution in [3.05, 3.63) is 23.1 Å². The van der Waals surface area contributed by atoms with Gasteiger partial charge >= 0.3 is 5.97 Å². The summed E-state index contributed by atoms with van der Waals surface area (Å²) in [5, 5.41) is 0. The Morgan fingerprint density at radius 1 is 0.973 bits per heavy atom. The van der Waals surface area contributed by atoms with Crippen molar-refractivity contribution in [2.75, 3.05) is 7.11 Å². The first-order valence-electron chi connectivity index (χ1n) is 14.3. The standard InChI is InChI=1S/C32H45NO4/c1-27(2)23-10-11-32(7)24(30(23,5)18-21(33-8)25(27)35)22(34)16-19-20-17-29(4,26(36)37-9)13-12-28(20,3)14-15-31(19,32)6/h16,20-21,23-24H,10-15,17-18H2,1-7,9H3/t20-,21?,23+,24-,28-,29+,30+,31-,32-/m1/s1. The van der Waals surface area contributed by atoms with Crippen LogP contribution in [-0.2, 0) is 19.1 Å². The number of Topliss-reactive ketones (excluding diaryl/α,β-unsaturated/α-hetero) is 1. The average Bonchev–Trinajstić information content (AvgIpc) is 2.83. The highest BCUT2D eigenvalue weighted by molar-refractivity contribution is 5.97. The van der Waals surface area contributed by atoms with E-state index in [1.54, 1.807) is 0 Å². The molecule has 37 heavy (non-hydrogen) atoms. The third-order valence-corrected chi connectivity index (χ3v) is 13.1. The zero-order chi connectivity index (χ0) is 27.4. The normalized spacial score (nSPS) is 50.4. The molecule has 9 atom stereocenters. The zero-order valence-electron chi connectivity index (χ0n) is 24.1. The summed E-state index contributed by atoms with van der Waals surface area (Å²) >= 11 is 0. The van der Waals surface area contributed by atoms with Crippen molar-refractivity contribution in [3.8, 4) is 0 Å². The molecule has 202 valence electrons. The molecule has 0 N–H and O–H groups in total. The molecule has 0 saturated heterocycles. The molecule has 5 aliphatic carbocycles. The van der Waals surface area contributed by atoms with Gasteiger partial charge in [-0.25, -0.2) is 6.57 Å². The van der Waals surface area contributed by atoms with Crippen LogP contribution in [0.15, 0.2) is 11.6 Å². The summed E-state index contributed by atoms with van der Waals surface area (Å²) in [6.07, 6.45) is 8.94. The number of esters is 1. The fourth-order valence-corrected chi connectivity index (χ4v) is 10.7. The lowest BCUT2D eigenvalue weighted by Crippen LogP contribution is -2.67. The molecule has 5 heteroatoms. The number of methoxy groups -OCH3 is 1. The molecule has 0 aromatic rings. The SMILES string of the molecule is [C-]#[N+]C1C[C@]2(C)[C@H]3C(=O)C=C4[C@H]5C[C@@](C)(C(=O)OC)CC[C@]5(C)CC[C@@]4(C)[C@]3(C)CC[C@H]2C(C)(C)C1=O. The molecule has 4 saturated carbocycles. The van der Waals surface area contributed by atoms with Gasteiger partial charge in [0.1, 0.15) is 0 Å². The second kappa shape index (κ2) is 7.80. The lowest BCUT2D eigenvalue weighted by molar-refractivity contribution is -0.189. The third kappa shape index (κ3) is 3.17. The van der Waals surface area contributed by atoms with Crippen LogP contribution >= 0.6 is 0 Å². The van der Waals surface area contributed by atoms with Gasteiger partial charge in [0.15, 0.2) is 5.78 Å². The molecule has 0 amide bonds. The number of hydrogen-bond acceptors (Lipinski definition) is 4. The Balaban J connectivity index is 1.63. The maximum atomic E-state index is 14.4. The Hall–Kier alpha value is -1.96. The van der Waals surface area contributed by atoms with Crippen LogP contribution in [0.5, 0.6) is 0 Å². The van der Waals surface area contributed by atoms with Gasteiger partial charge in [0.25, 0.3) is 6.04 Å². The van der Waals surface area contributed by atoms with Gasteiger partial charge < -0.3 is 9.58 Å². The number of hydrogen-bond donors (Lipinski definition) is 0. The first-order valence-corrected chi connectivity index (χ1v) is 14.3. The predicted octanol–water partition coefficient (Wildman–Crippen LogP) is 6.61. The monoisotopic (exact) mass is 507 g/mol. The van der Waals surface area contributed by atoms with Gasteiger partial charge in [-0.05, 0) is 91.4 Å². The molecule has 0 bridgehead atoms. The first kappa shape index (κ1) is 26.6. The number of allylic oxidation sites excluding steroid dienone is 2. The highest BCUT2D eigenvalue weighted by Crippen LogP contribution is 2.75. The van der Waals surface area contributed by atoms with Gasteiger partial charge in [-0.1, -0.05) is 47.1 Å². The zero-order valence-corrected chi connectivity index (χ0v) is 24.1. The highest BCUT2D eigenvalue weighted by Gasteiger charge is 2.72. The van der Waals surface area contributed by atoms with Crippen LogP contribution in [0.25, 0.3) is 4.85 Å². The summed E-state index contributed by atoms with van der Waals surface area (Å²) in [4.78, 5) is 44.3. The summed E-state index contributed by atoms with van der Waals surface area (Å²) in [7, 11) is 1.48. The molecule has 5 aliphatic rings. The van der Waals surface area contributed by atoms with Crippen LogP contribution in [0.2, 0.25) is 0 Å². The van der Waals surface area contributed by atoms with Crippen molar-refractivity contribution in [1.29, 1.82) is 0 Å². The molecule has 0 aliphatic heterocycles.